The van der Waals surface area contributed by atoms with Crippen molar-refractivity contribution in [3.8, 4) is 17.2 Å². The van der Waals surface area contributed by atoms with Gasteiger partial charge in [0.05, 0.1) is 6.61 Å². The molecule has 1 aliphatic rings. The quantitative estimate of drug-likeness (QED) is 0.601. The molecule has 2 aromatic rings. The van der Waals surface area contributed by atoms with E-state index in [4.69, 9.17) is 9.47 Å². The van der Waals surface area contributed by atoms with Gasteiger partial charge in [0.25, 0.3) is 0 Å². The average molecular weight is 200 g/mol. The largest absolute Gasteiger partial charge is 0.490 e. The van der Waals surface area contributed by atoms with Crippen LogP contribution in [-0.4, -0.2) is 6.61 Å². The second-order valence-corrected chi connectivity index (χ2v) is 3.70. The Kier molecular flexibility index (Phi) is 1.81. The van der Waals surface area contributed by atoms with Crippen LogP contribution in [0.25, 0.3) is 10.8 Å². The summed E-state index contributed by atoms with van der Waals surface area (Å²) in [6.07, 6.45) is 1.02. The van der Waals surface area contributed by atoms with E-state index in [-0.39, 0.29) is 0 Å². The maximum atomic E-state index is 5.62. The normalized spacial score (nSPS) is 12.1. The molecule has 0 fully saturated rings. The minimum absolute atomic E-state index is 0.744. The Balaban J connectivity index is 2.08. The molecule has 0 unspecified atom stereocenters. The Labute approximate surface area is 88.4 Å². The van der Waals surface area contributed by atoms with Gasteiger partial charge in [-0.05, 0) is 17.9 Å². The molecule has 0 saturated heterocycles. The van der Waals surface area contributed by atoms with Crippen molar-refractivity contribution in [2.45, 2.75) is 13.3 Å². The van der Waals surface area contributed by atoms with Gasteiger partial charge in [0.1, 0.15) is 0 Å². The van der Waals surface area contributed by atoms with Crippen LogP contribution >= 0.6 is 0 Å². The van der Waals surface area contributed by atoms with Gasteiger partial charge < -0.3 is 9.47 Å². The first-order valence-corrected chi connectivity index (χ1v) is 5.26. The van der Waals surface area contributed by atoms with E-state index < -0.39 is 0 Å². The SMILES string of the molecule is CCCOc1cc2ccccc2c2c1O2. The highest BCUT2D eigenvalue weighted by molar-refractivity contribution is 5.97. The van der Waals surface area contributed by atoms with Crippen LogP contribution in [0.15, 0.2) is 30.3 Å². The molecule has 0 bridgehead atoms. The maximum absolute atomic E-state index is 5.62. The van der Waals surface area contributed by atoms with Gasteiger partial charge in [-0.3, -0.25) is 0 Å². The molecule has 0 spiro atoms. The zero-order chi connectivity index (χ0) is 10.3. The van der Waals surface area contributed by atoms with Gasteiger partial charge in [0.15, 0.2) is 11.5 Å². The fourth-order valence-corrected chi connectivity index (χ4v) is 1.77. The molecule has 0 radical (unpaired) electrons. The first-order chi connectivity index (χ1) is 7.40. The van der Waals surface area contributed by atoms with E-state index >= 15 is 0 Å². The molecule has 76 valence electrons. The van der Waals surface area contributed by atoms with Crippen molar-refractivity contribution in [1.82, 2.24) is 0 Å². The molecule has 0 aromatic heterocycles. The van der Waals surface area contributed by atoms with Crippen LogP contribution in [0.3, 0.4) is 0 Å². The van der Waals surface area contributed by atoms with E-state index in [1.165, 1.54) is 10.8 Å². The number of hydrogen-bond donors (Lipinski definition) is 0. The first kappa shape index (κ1) is 8.60. The average Bonchev–Trinajstić information content (AvgIpc) is 3.06. The molecule has 2 heteroatoms. The molecule has 0 atom stereocenters. The van der Waals surface area contributed by atoms with E-state index in [1.807, 2.05) is 12.1 Å². The minimum Gasteiger partial charge on any atom is -0.490 e. The lowest BCUT2D eigenvalue weighted by Crippen LogP contribution is -1.93. The van der Waals surface area contributed by atoms with Crippen molar-refractivity contribution in [2.75, 3.05) is 6.61 Å². The molecular weight excluding hydrogens is 188 g/mol. The lowest BCUT2D eigenvalue weighted by molar-refractivity contribution is 0.314. The summed E-state index contributed by atoms with van der Waals surface area (Å²) >= 11 is 0. The van der Waals surface area contributed by atoms with E-state index in [2.05, 4.69) is 25.1 Å². The molecule has 15 heavy (non-hydrogen) atoms. The van der Waals surface area contributed by atoms with E-state index in [1.54, 1.807) is 0 Å². The monoisotopic (exact) mass is 200 g/mol. The van der Waals surface area contributed by atoms with E-state index in [0.29, 0.717) is 0 Å². The predicted molar refractivity (Wildman–Crippen MR) is 59.8 cm³/mol. The Morgan fingerprint density at radius 2 is 2.07 bits per heavy atom. The van der Waals surface area contributed by atoms with Crippen LogP contribution in [-0.2, 0) is 0 Å². The van der Waals surface area contributed by atoms with Gasteiger partial charge >= 0.3 is 0 Å². The van der Waals surface area contributed by atoms with Gasteiger partial charge in [-0.1, -0.05) is 31.2 Å². The molecule has 2 aromatic carbocycles. The van der Waals surface area contributed by atoms with E-state index in [0.717, 1.165) is 30.3 Å². The van der Waals surface area contributed by atoms with Gasteiger partial charge in [0.2, 0.25) is 5.75 Å². The maximum Gasteiger partial charge on any atom is 0.212 e. The third kappa shape index (κ3) is 1.33. The van der Waals surface area contributed by atoms with Crippen LogP contribution < -0.4 is 9.47 Å². The highest BCUT2D eigenvalue weighted by atomic mass is 16.6. The topological polar surface area (TPSA) is 21.8 Å². The molecule has 0 amide bonds. The van der Waals surface area contributed by atoms with Gasteiger partial charge in [-0.25, -0.2) is 0 Å². The number of ether oxygens (including phenoxy) is 2. The zero-order valence-corrected chi connectivity index (χ0v) is 8.62. The summed E-state index contributed by atoms with van der Waals surface area (Å²) in [5.41, 5.74) is 0. The Morgan fingerprint density at radius 1 is 1.20 bits per heavy atom. The minimum atomic E-state index is 0.744. The zero-order valence-electron chi connectivity index (χ0n) is 8.62. The Morgan fingerprint density at radius 3 is 2.93 bits per heavy atom. The van der Waals surface area contributed by atoms with Crippen molar-refractivity contribution in [3.05, 3.63) is 30.3 Å². The predicted octanol–water partition coefficient (Wildman–Crippen LogP) is 3.73. The summed E-state index contributed by atoms with van der Waals surface area (Å²) in [4.78, 5) is 0. The Bertz CT molecular complexity index is 517. The summed E-state index contributed by atoms with van der Waals surface area (Å²) < 4.78 is 11.1. The van der Waals surface area contributed by atoms with Crippen LogP contribution in [0.5, 0.6) is 17.2 Å². The van der Waals surface area contributed by atoms with E-state index in [9.17, 15) is 0 Å². The third-order valence-electron chi connectivity index (χ3n) is 2.55. The number of benzene rings is 2. The molecule has 1 aliphatic heterocycles. The molecule has 3 rings (SSSR count). The van der Waals surface area contributed by atoms with Crippen molar-refractivity contribution in [2.24, 2.45) is 0 Å². The fourth-order valence-electron chi connectivity index (χ4n) is 1.77. The van der Waals surface area contributed by atoms with Crippen LogP contribution in [0.2, 0.25) is 0 Å². The molecule has 1 heterocycles. The third-order valence-corrected chi connectivity index (χ3v) is 2.55. The van der Waals surface area contributed by atoms with Crippen LogP contribution in [0.1, 0.15) is 13.3 Å². The lowest BCUT2D eigenvalue weighted by atomic mass is 10.1. The van der Waals surface area contributed by atoms with Crippen LogP contribution in [0.4, 0.5) is 0 Å². The van der Waals surface area contributed by atoms with Crippen molar-refractivity contribution >= 4 is 10.8 Å². The van der Waals surface area contributed by atoms with Gasteiger partial charge in [0, 0.05) is 5.39 Å². The van der Waals surface area contributed by atoms with Gasteiger partial charge in [-0.15, -0.1) is 0 Å². The molecular formula is C13H12O2. The van der Waals surface area contributed by atoms with Gasteiger partial charge in [-0.2, -0.15) is 0 Å². The molecule has 0 N–H and O–H groups in total. The molecule has 0 saturated carbocycles. The van der Waals surface area contributed by atoms with Crippen molar-refractivity contribution < 1.29 is 9.47 Å². The highest BCUT2D eigenvalue weighted by Gasteiger charge is 2.29. The smallest absolute Gasteiger partial charge is 0.212 e. The Hall–Kier alpha value is -1.70. The molecule has 0 aliphatic carbocycles. The van der Waals surface area contributed by atoms with Crippen molar-refractivity contribution in [1.29, 1.82) is 0 Å². The summed E-state index contributed by atoms with van der Waals surface area (Å²) in [5, 5.41) is 2.36. The lowest BCUT2D eigenvalue weighted by Gasteiger charge is -2.02. The summed E-state index contributed by atoms with van der Waals surface area (Å²) in [7, 11) is 0. The second kappa shape index (κ2) is 3.16. The summed E-state index contributed by atoms with van der Waals surface area (Å²) in [5.74, 6) is 2.78. The first-order valence-electron chi connectivity index (χ1n) is 5.26. The second-order valence-electron chi connectivity index (χ2n) is 3.70. The standard InChI is InChI=1S/C13H12O2/c1-2-7-14-11-8-9-5-3-4-6-10(9)12-13(11)15-12/h3-6,8H,2,7H2,1H3. The molecule has 2 nitrogen and oxygen atoms in total. The van der Waals surface area contributed by atoms with Crippen LogP contribution in [0, 0.1) is 0 Å². The number of rotatable bonds is 3. The highest BCUT2D eigenvalue weighted by Crippen LogP contribution is 2.56. The van der Waals surface area contributed by atoms with Crippen molar-refractivity contribution in [3.63, 3.8) is 0 Å². The summed E-state index contributed by atoms with van der Waals surface area (Å²) in [6, 6.07) is 10.3. The fraction of sp³-hybridized carbons (Fsp3) is 0.231. The number of hydrogen-bond acceptors (Lipinski definition) is 2. The number of fused-ring (bicyclic) bond motifs is 3. The summed E-state index contributed by atoms with van der Waals surface area (Å²) in [6.45, 7) is 2.84.